The van der Waals surface area contributed by atoms with Gasteiger partial charge in [0, 0.05) is 10.2 Å². The Balaban J connectivity index is 0.00000147. The van der Waals surface area contributed by atoms with Gasteiger partial charge in [-0.25, -0.2) is 4.99 Å². The molecule has 1 aliphatic heterocycles. The summed E-state index contributed by atoms with van der Waals surface area (Å²) in [5, 5.41) is 1.04. The van der Waals surface area contributed by atoms with E-state index in [0.717, 1.165) is 21.9 Å². The molecule has 2 nitrogen and oxygen atoms in total. The SMILES string of the molecule is Br.CSC1=Nc2ccccc2CN1c1ccc(Br)cc1. The Bertz CT molecular complexity index is 626. The zero-order valence-electron chi connectivity index (χ0n) is 10.9. The molecule has 0 N–H and O–H groups in total. The lowest BCUT2D eigenvalue weighted by atomic mass is 10.1. The smallest absolute Gasteiger partial charge is 0.168 e. The van der Waals surface area contributed by atoms with Gasteiger partial charge in [0.2, 0.25) is 0 Å². The Morgan fingerprint density at radius 1 is 1.10 bits per heavy atom. The van der Waals surface area contributed by atoms with E-state index < -0.39 is 0 Å². The molecule has 0 unspecified atom stereocenters. The van der Waals surface area contributed by atoms with Crippen LogP contribution in [0.3, 0.4) is 0 Å². The van der Waals surface area contributed by atoms with Crippen molar-refractivity contribution >= 4 is 61.2 Å². The van der Waals surface area contributed by atoms with E-state index in [1.807, 2.05) is 6.07 Å². The van der Waals surface area contributed by atoms with Crippen molar-refractivity contribution in [3.63, 3.8) is 0 Å². The maximum absolute atomic E-state index is 4.74. The maximum Gasteiger partial charge on any atom is 0.168 e. The van der Waals surface area contributed by atoms with Crippen molar-refractivity contribution in [3.8, 4) is 0 Å². The molecule has 0 amide bonds. The van der Waals surface area contributed by atoms with Crippen molar-refractivity contribution in [2.45, 2.75) is 6.54 Å². The predicted octanol–water partition coefficient (Wildman–Crippen LogP) is 5.40. The fraction of sp³-hybridized carbons (Fsp3) is 0.133. The largest absolute Gasteiger partial charge is 0.316 e. The van der Waals surface area contributed by atoms with Crippen LogP contribution in [0.4, 0.5) is 11.4 Å². The zero-order valence-corrected chi connectivity index (χ0v) is 15.0. The highest BCUT2D eigenvalue weighted by molar-refractivity contribution is 9.10. The summed E-state index contributed by atoms with van der Waals surface area (Å²) in [5.74, 6) is 0. The van der Waals surface area contributed by atoms with Crippen LogP contribution in [0.5, 0.6) is 0 Å². The lowest BCUT2D eigenvalue weighted by Gasteiger charge is -2.29. The Kier molecular flexibility index (Phi) is 5.29. The van der Waals surface area contributed by atoms with E-state index in [0.29, 0.717) is 0 Å². The van der Waals surface area contributed by atoms with Crippen LogP contribution in [0.25, 0.3) is 0 Å². The Morgan fingerprint density at radius 2 is 1.80 bits per heavy atom. The fourth-order valence-corrected chi connectivity index (χ4v) is 2.98. The van der Waals surface area contributed by atoms with Gasteiger partial charge in [-0.2, -0.15) is 0 Å². The monoisotopic (exact) mass is 412 g/mol. The van der Waals surface area contributed by atoms with Crippen LogP contribution < -0.4 is 4.90 Å². The molecule has 104 valence electrons. The van der Waals surface area contributed by atoms with E-state index in [2.05, 4.69) is 69.6 Å². The summed E-state index contributed by atoms with van der Waals surface area (Å²) in [4.78, 5) is 6.99. The third-order valence-electron chi connectivity index (χ3n) is 3.09. The number of aliphatic imine (C=N–C) groups is 1. The second kappa shape index (κ2) is 6.78. The van der Waals surface area contributed by atoms with E-state index in [-0.39, 0.29) is 17.0 Å². The van der Waals surface area contributed by atoms with Crippen molar-refractivity contribution in [3.05, 3.63) is 58.6 Å². The summed E-state index contributed by atoms with van der Waals surface area (Å²) >= 11 is 5.15. The summed E-state index contributed by atoms with van der Waals surface area (Å²) in [5.41, 5.74) is 3.52. The molecule has 0 aromatic heterocycles. The summed E-state index contributed by atoms with van der Waals surface area (Å²) in [6.45, 7) is 0.872. The van der Waals surface area contributed by atoms with Crippen molar-refractivity contribution in [2.24, 2.45) is 4.99 Å². The fourth-order valence-electron chi connectivity index (χ4n) is 2.13. The second-order valence-corrected chi connectivity index (χ2v) is 5.98. The molecule has 1 aliphatic rings. The highest BCUT2D eigenvalue weighted by atomic mass is 79.9. The highest BCUT2D eigenvalue weighted by Crippen LogP contribution is 2.32. The number of para-hydroxylation sites is 1. The van der Waals surface area contributed by atoms with Crippen LogP contribution in [0.15, 0.2) is 58.0 Å². The first-order valence-electron chi connectivity index (χ1n) is 6.01. The number of halogens is 2. The highest BCUT2D eigenvalue weighted by Gasteiger charge is 2.20. The number of hydrogen-bond acceptors (Lipinski definition) is 3. The number of rotatable bonds is 1. The number of amidine groups is 1. The van der Waals surface area contributed by atoms with E-state index in [4.69, 9.17) is 4.99 Å². The molecule has 0 fully saturated rings. The average molecular weight is 414 g/mol. The summed E-state index contributed by atoms with van der Waals surface area (Å²) in [6, 6.07) is 16.7. The molecule has 2 aromatic rings. The van der Waals surface area contributed by atoms with Crippen molar-refractivity contribution in [1.82, 2.24) is 0 Å². The van der Waals surface area contributed by atoms with Crippen LogP contribution in [-0.2, 0) is 6.54 Å². The van der Waals surface area contributed by atoms with Gasteiger partial charge in [-0.3, -0.25) is 0 Å². The molecule has 2 aromatic carbocycles. The van der Waals surface area contributed by atoms with Gasteiger partial charge in [0.25, 0.3) is 0 Å². The third kappa shape index (κ3) is 3.10. The topological polar surface area (TPSA) is 15.6 Å². The van der Waals surface area contributed by atoms with Crippen LogP contribution in [0.1, 0.15) is 5.56 Å². The van der Waals surface area contributed by atoms with Crippen LogP contribution in [0.2, 0.25) is 0 Å². The predicted molar refractivity (Wildman–Crippen MR) is 97.7 cm³/mol. The van der Waals surface area contributed by atoms with E-state index >= 15 is 0 Å². The van der Waals surface area contributed by atoms with E-state index in [1.165, 1.54) is 11.3 Å². The first-order valence-corrected chi connectivity index (χ1v) is 8.03. The Morgan fingerprint density at radius 3 is 2.50 bits per heavy atom. The van der Waals surface area contributed by atoms with Gasteiger partial charge in [-0.05, 0) is 42.2 Å². The van der Waals surface area contributed by atoms with E-state index in [1.54, 1.807) is 11.8 Å². The molecular formula is C15H14Br2N2S. The van der Waals surface area contributed by atoms with Gasteiger partial charge < -0.3 is 4.90 Å². The molecule has 5 heteroatoms. The molecule has 0 bridgehead atoms. The second-order valence-electron chi connectivity index (χ2n) is 4.29. The molecule has 0 radical (unpaired) electrons. The van der Waals surface area contributed by atoms with Gasteiger partial charge in [-0.15, -0.1) is 17.0 Å². The third-order valence-corrected chi connectivity index (χ3v) is 4.29. The Labute approximate surface area is 142 Å². The molecule has 0 aliphatic carbocycles. The zero-order chi connectivity index (χ0) is 13.2. The minimum Gasteiger partial charge on any atom is -0.316 e. The van der Waals surface area contributed by atoms with Gasteiger partial charge in [0.15, 0.2) is 5.17 Å². The molecule has 0 spiro atoms. The van der Waals surface area contributed by atoms with Crippen molar-refractivity contribution in [2.75, 3.05) is 11.2 Å². The van der Waals surface area contributed by atoms with Gasteiger partial charge >= 0.3 is 0 Å². The normalized spacial score (nSPS) is 13.3. The minimum atomic E-state index is 0. The number of fused-ring (bicyclic) bond motifs is 1. The molecule has 20 heavy (non-hydrogen) atoms. The molecule has 0 saturated carbocycles. The molecule has 1 heterocycles. The van der Waals surface area contributed by atoms with E-state index in [9.17, 15) is 0 Å². The molecule has 0 saturated heterocycles. The van der Waals surface area contributed by atoms with Crippen molar-refractivity contribution in [1.29, 1.82) is 0 Å². The van der Waals surface area contributed by atoms with Gasteiger partial charge in [-0.1, -0.05) is 45.9 Å². The summed E-state index contributed by atoms with van der Waals surface area (Å²) in [7, 11) is 0. The number of thioether (sulfide) groups is 1. The van der Waals surface area contributed by atoms with Crippen molar-refractivity contribution < 1.29 is 0 Å². The molecular weight excluding hydrogens is 400 g/mol. The first kappa shape index (κ1) is 15.6. The first-order chi connectivity index (χ1) is 9.28. The number of nitrogens with zero attached hydrogens (tertiary/aromatic N) is 2. The van der Waals surface area contributed by atoms with Crippen LogP contribution in [0, 0.1) is 0 Å². The Hall–Kier alpha value is -0.780. The number of benzene rings is 2. The quantitative estimate of drug-likeness (QED) is 0.622. The minimum absolute atomic E-state index is 0. The summed E-state index contributed by atoms with van der Waals surface area (Å²) < 4.78 is 1.09. The number of anilines is 1. The average Bonchev–Trinajstić information content (AvgIpc) is 2.46. The van der Waals surface area contributed by atoms with Gasteiger partial charge in [0.05, 0.1) is 12.2 Å². The standard InChI is InChI=1S/C15H13BrN2S.BrH/c1-19-15-17-14-5-3-2-4-11(14)10-18(15)13-8-6-12(16)7-9-13;/h2-9H,10H2,1H3;1H. The summed E-state index contributed by atoms with van der Waals surface area (Å²) in [6.07, 6.45) is 2.07. The van der Waals surface area contributed by atoms with Crippen LogP contribution in [-0.4, -0.2) is 11.4 Å². The maximum atomic E-state index is 4.74. The molecule has 0 atom stereocenters. The molecule has 3 rings (SSSR count). The lowest BCUT2D eigenvalue weighted by Crippen LogP contribution is -2.30. The van der Waals surface area contributed by atoms with Gasteiger partial charge in [0.1, 0.15) is 0 Å². The van der Waals surface area contributed by atoms with Crippen LogP contribution >= 0.6 is 44.7 Å². The lowest BCUT2D eigenvalue weighted by molar-refractivity contribution is 0.991. The number of hydrogen-bond donors (Lipinski definition) is 0.